The van der Waals surface area contributed by atoms with Crippen molar-refractivity contribution < 1.29 is 29.6 Å². The molecule has 0 aliphatic carbocycles. The van der Waals surface area contributed by atoms with Gasteiger partial charge in [0.1, 0.15) is 6.73 Å². The van der Waals surface area contributed by atoms with Crippen molar-refractivity contribution >= 4 is 0 Å². The molecule has 0 fully saturated rings. The number of ether oxygens (including phenoxy) is 3. The van der Waals surface area contributed by atoms with Crippen LogP contribution in [0.3, 0.4) is 0 Å². The van der Waals surface area contributed by atoms with Gasteiger partial charge in [-0.2, -0.15) is 5.06 Å². The number of rotatable bonds is 18. The van der Waals surface area contributed by atoms with Gasteiger partial charge in [0.2, 0.25) is 0 Å². The molecule has 34 heavy (non-hydrogen) atoms. The van der Waals surface area contributed by atoms with E-state index in [1.54, 1.807) is 34.7 Å². The summed E-state index contributed by atoms with van der Waals surface area (Å²) in [5, 5.41) is 30.8. The summed E-state index contributed by atoms with van der Waals surface area (Å²) in [6.07, 6.45) is 4.40. The minimum Gasteiger partial charge on any atom is -0.390 e. The topological polar surface area (TPSA) is 91.6 Å². The molecule has 206 valence electrons. The van der Waals surface area contributed by atoms with E-state index < -0.39 is 28.0 Å². The molecule has 0 unspecified atom stereocenters. The molecule has 0 heterocycles. The standard InChI is InChI=1S/C27H57NO6/c1-13-27(20-26(10,11)34-21-28(12)31,18-24(6,7)32-16-14-22(2,3)29)19-25(8,9)33-17-15-23(4,5)30/h29-31H,13-21H2,1-12H3. The Morgan fingerprint density at radius 3 is 1.21 bits per heavy atom. The van der Waals surface area contributed by atoms with Crippen LogP contribution in [0.15, 0.2) is 0 Å². The van der Waals surface area contributed by atoms with Crippen molar-refractivity contribution in [1.82, 2.24) is 5.06 Å². The van der Waals surface area contributed by atoms with Crippen LogP contribution in [0.5, 0.6) is 0 Å². The molecule has 0 aromatic carbocycles. The van der Waals surface area contributed by atoms with Gasteiger partial charge in [-0.1, -0.05) is 13.3 Å². The summed E-state index contributed by atoms with van der Waals surface area (Å²) in [6, 6.07) is 0. The van der Waals surface area contributed by atoms with Crippen molar-refractivity contribution in [2.45, 2.75) is 143 Å². The monoisotopic (exact) mass is 491 g/mol. The van der Waals surface area contributed by atoms with Crippen LogP contribution < -0.4 is 0 Å². The van der Waals surface area contributed by atoms with Crippen LogP contribution in [0.4, 0.5) is 0 Å². The van der Waals surface area contributed by atoms with E-state index in [0.717, 1.165) is 30.7 Å². The van der Waals surface area contributed by atoms with Gasteiger partial charge in [0.25, 0.3) is 0 Å². The SMILES string of the molecule is CCC(CC(C)(C)OCCC(C)(C)O)(CC(C)(C)OCCC(C)(C)O)CC(C)(C)OCN(C)O. The van der Waals surface area contributed by atoms with Gasteiger partial charge in [-0.25, -0.2) is 0 Å². The fourth-order valence-corrected chi connectivity index (χ4v) is 4.85. The average Bonchev–Trinajstić information content (AvgIpc) is 2.55. The summed E-state index contributed by atoms with van der Waals surface area (Å²) in [7, 11) is 1.57. The molecular formula is C27H57NO6. The molecule has 7 nitrogen and oxygen atoms in total. The molecule has 0 aromatic rings. The Morgan fingerprint density at radius 1 is 0.618 bits per heavy atom. The predicted octanol–water partition coefficient (Wildman–Crippen LogP) is 5.54. The summed E-state index contributed by atoms with van der Waals surface area (Å²) in [4.78, 5) is 0. The quantitative estimate of drug-likeness (QED) is 0.171. The second kappa shape index (κ2) is 12.8. The summed E-state index contributed by atoms with van der Waals surface area (Å²) >= 11 is 0. The van der Waals surface area contributed by atoms with Crippen LogP contribution in [0, 0.1) is 5.41 Å². The lowest BCUT2D eigenvalue weighted by Crippen LogP contribution is -2.45. The lowest BCUT2D eigenvalue weighted by atomic mass is 9.65. The van der Waals surface area contributed by atoms with E-state index in [2.05, 4.69) is 48.5 Å². The highest BCUT2D eigenvalue weighted by molar-refractivity contribution is 4.95. The first-order valence-corrected chi connectivity index (χ1v) is 12.8. The van der Waals surface area contributed by atoms with Crippen LogP contribution in [-0.2, 0) is 14.2 Å². The Morgan fingerprint density at radius 2 is 0.941 bits per heavy atom. The number of hydrogen-bond acceptors (Lipinski definition) is 7. The molecule has 0 radical (unpaired) electrons. The Labute approximate surface area is 210 Å². The van der Waals surface area contributed by atoms with Gasteiger partial charge >= 0.3 is 0 Å². The van der Waals surface area contributed by atoms with Crippen molar-refractivity contribution in [2.75, 3.05) is 27.0 Å². The molecule has 0 saturated carbocycles. The third kappa shape index (κ3) is 16.4. The molecule has 7 heteroatoms. The first-order valence-electron chi connectivity index (χ1n) is 12.8. The van der Waals surface area contributed by atoms with E-state index >= 15 is 0 Å². The van der Waals surface area contributed by atoms with E-state index in [4.69, 9.17) is 14.2 Å². The van der Waals surface area contributed by atoms with Gasteiger partial charge in [-0.15, -0.1) is 0 Å². The van der Waals surface area contributed by atoms with Crippen LogP contribution >= 0.6 is 0 Å². The Balaban J connectivity index is 5.73. The van der Waals surface area contributed by atoms with E-state index in [1.165, 1.54) is 0 Å². The van der Waals surface area contributed by atoms with E-state index in [-0.39, 0.29) is 12.1 Å². The van der Waals surface area contributed by atoms with E-state index in [1.807, 2.05) is 0 Å². The van der Waals surface area contributed by atoms with Gasteiger partial charge in [0.05, 0.1) is 41.2 Å². The molecule has 0 spiro atoms. The molecule has 0 amide bonds. The molecule has 0 bridgehead atoms. The number of hydrogen-bond donors (Lipinski definition) is 3. The molecule has 0 saturated heterocycles. The summed E-state index contributed by atoms with van der Waals surface area (Å²) in [5.41, 5.74) is -2.98. The highest BCUT2D eigenvalue weighted by atomic mass is 16.6. The molecule has 0 aliphatic rings. The second-order valence-electron chi connectivity index (χ2n) is 13.4. The first-order chi connectivity index (χ1) is 15.0. The maximum atomic E-state index is 10.1. The molecule has 3 N–H and O–H groups in total. The minimum absolute atomic E-state index is 0.129. The lowest BCUT2D eigenvalue weighted by molar-refractivity contribution is -0.191. The Kier molecular flexibility index (Phi) is 12.7. The van der Waals surface area contributed by atoms with Gasteiger partial charge in [0, 0.05) is 7.05 Å². The average molecular weight is 492 g/mol. The zero-order chi connectivity index (χ0) is 27.1. The maximum absolute atomic E-state index is 10.1. The third-order valence-electron chi connectivity index (χ3n) is 6.21. The van der Waals surface area contributed by atoms with Gasteiger partial charge < -0.3 is 29.6 Å². The van der Waals surface area contributed by atoms with Crippen LogP contribution in [0.2, 0.25) is 0 Å². The fraction of sp³-hybridized carbons (Fsp3) is 1.00. The minimum atomic E-state index is -0.764. The second-order valence-corrected chi connectivity index (χ2v) is 13.4. The zero-order valence-corrected chi connectivity index (χ0v) is 24.4. The highest BCUT2D eigenvalue weighted by Crippen LogP contribution is 2.47. The number of nitrogens with zero attached hydrogens (tertiary/aromatic N) is 1. The maximum Gasteiger partial charge on any atom is 0.122 e. The number of aliphatic hydroxyl groups is 2. The van der Waals surface area contributed by atoms with Crippen molar-refractivity contribution in [3.63, 3.8) is 0 Å². The largest absolute Gasteiger partial charge is 0.390 e. The van der Waals surface area contributed by atoms with Gasteiger partial charge in [0.15, 0.2) is 0 Å². The molecule has 0 aliphatic heterocycles. The van der Waals surface area contributed by atoms with Crippen molar-refractivity contribution in [2.24, 2.45) is 5.41 Å². The predicted molar refractivity (Wildman–Crippen MR) is 138 cm³/mol. The van der Waals surface area contributed by atoms with E-state index in [0.29, 0.717) is 26.1 Å². The molecule has 0 rings (SSSR count). The zero-order valence-electron chi connectivity index (χ0n) is 24.4. The molecule has 0 aromatic heterocycles. The number of hydroxylamine groups is 2. The van der Waals surface area contributed by atoms with Crippen LogP contribution in [-0.4, -0.2) is 75.5 Å². The Bertz CT molecular complexity index is 539. The van der Waals surface area contributed by atoms with Gasteiger partial charge in [-0.3, -0.25) is 0 Å². The molecular weight excluding hydrogens is 434 g/mol. The lowest BCUT2D eigenvalue weighted by Gasteiger charge is -2.47. The van der Waals surface area contributed by atoms with Crippen molar-refractivity contribution in [1.29, 1.82) is 0 Å². The van der Waals surface area contributed by atoms with Crippen LogP contribution in [0.1, 0.15) is 115 Å². The first kappa shape index (κ1) is 33.7. The Hall–Kier alpha value is -0.280. The van der Waals surface area contributed by atoms with Crippen molar-refractivity contribution in [3.8, 4) is 0 Å². The summed E-state index contributed by atoms with van der Waals surface area (Å²) in [5.74, 6) is 0. The summed E-state index contributed by atoms with van der Waals surface area (Å²) < 4.78 is 18.6. The van der Waals surface area contributed by atoms with Crippen LogP contribution in [0.25, 0.3) is 0 Å². The fourth-order valence-electron chi connectivity index (χ4n) is 4.85. The summed E-state index contributed by atoms with van der Waals surface area (Å²) in [6.45, 7) is 23.0. The smallest absolute Gasteiger partial charge is 0.122 e. The molecule has 0 atom stereocenters. The third-order valence-corrected chi connectivity index (χ3v) is 6.21. The normalized spacial score (nSPS) is 14.8. The van der Waals surface area contributed by atoms with Crippen molar-refractivity contribution in [3.05, 3.63) is 0 Å². The van der Waals surface area contributed by atoms with E-state index in [9.17, 15) is 15.4 Å². The highest BCUT2D eigenvalue weighted by Gasteiger charge is 2.44. The van der Waals surface area contributed by atoms with Gasteiger partial charge in [-0.05, 0) is 107 Å².